The molecule has 1 aliphatic rings. The highest BCUT2D eigenvalue weighted by atomic mass is 127. The molecule has 1 fully saturated rings. The van der Waals surface area contributed by atoms with Crippen molar-refractivity contribution >= 4 is 35.6 Å². The number of nitrogens with zero attached hydrogens (tertiary/aromatic N) is 2. The summed E-state index contributed by atoms with van der Waals surface area (Å²) >= 11 is 0. The number of ether oxygens (including phenoxy) is 2. The highest BCUT2D eigenvalue weighted by Crippen LogP contribution is 2.14. The number of benzene rings is 1. The van der Waals surface area contributed by atoms with Crippen molar-refractivity contribution in [2.75, 3.05) is 65.1 Å². The summed E-state index contributed by atoms with van der Waals surface area (Å²) in [5.74, 6) is 1.16. The van der Waals surface area contributed by atoms with Gasteiger partial charge in [0, 0.05) is 58.5 Å². The van der Waals surface area contributed by atoms with Gasteiger partial charge >= 0.3 is 0 Å². The molecule has 0 saturated carbocycles. The second-order valence-corrected chi connectivity index (χ2v) is 6.84. The summed E-state index contributed by atoms with van der Waals surface area (Å²) in [5.41, 5.74) is 0.890. The molecule has 1 saturated heterocycles. The lowest BCUT2D eigenvalue weighted by atomic mass is 10.1. The van der Waals surface area contributed by atoms with Crippen LogP contribution in [0.15, 0.2) is 29.3 Å². The third-order valence-corrected chi connectivity index (χ3v) is 4.57. The topological polar surface area (TPSA) is 58.1 Å². The molecule has 1 aromatic carbocycles. The molecule has 1 aromatic rings. The number of anilines is 1. The van der Waals surface area contributed by atoms with Crippen LogP contribution in [-0.4, -0.2) is 66.1 Å². The predicted molar refractivity (Wildman–Crippen MR) is 123 cm³/mol. The van der Waals surface area contributed by atoms with Crippen molar-refractivity contribution in [3.63, 3.8) is 0 Å². The summed E-state index contributed by atoms with van der Waals surface area (Å²) in [7, 11) is 3.74. The van der Waals surface area contributed by atoms with Crippen LogP contribution in [0.5, 0.6) is 0 Å². The zero-order valence-corrected chi connectivity index (χ0v) is 19.3. The average Bonchev–Trinajstić information content (AvgIpc) is 3.19. The molecule has 1 heterocycles. The summed E-state index contributed by atoms with van der Waals surface area (Å²) < 4.78 is 24.3. The van der Waals surface area contributed by atoms with E-state index in [2.05, 4.69) is 15.6 Å². The second-order valence-electron chi connectivity index (χ2n) is 6.84. The van der Waals surface area contributed by atoms with E-state index in [0.29, 0.717) is 5.92 Å². The van der Waals surface area contributed by atoms with Gasteiger partial charge in [-0.25, -0.2) is 4.39 Å². The molecule has 6 nitrogen and oxygen atoms in total. The molecular weight excluding hydrogens is 474 g/mol. The molecular formula is C20H34FIN4O2. The molecule has 1 atom stereocenters. The minimum Gasteiger partial charge on any atom is -0.381 e. The van der Waals surface area contributed by atoms with E-state index in [1.165, 1.54) is 6.07 Å². The zero-order chi connectivity index (χ0) is 19.3. The monoisotopic (exact) mass is 508 g/mol. The van der Waals surface area contributed by atoms with Gasteiger partial charge in [0.05, 0.1) is 13.2 Å². The summed E-state index contributed by atoms with van der Waals surface area (Å²) in [6.45, 7) is 5.72. The maximum Gasteiger partial charge on any atom is 0.190 e. The van der Waals surface area contributed by atoms with Crippen molar-refractivity contribution in [2.45, 2.75) is 19.3 Å². The maximum absolute atomic E-state index is 13.3. The van der Waals surface area contributed by atoms with Gasteiger partial charge in [-0.1, -0.05) is 6.07 Å². The van der Waals surface area contributed by atoms with Gasteiger partial charge in [0.25, 0.3) is 0 Å². The summed E-state index contributed by atoms with van der Waals surface area (Å²) in [6, 6.07) is 6.66. The van der Waals surface area contributed by atoms with E-state index in [0.717, 1.165) is 77.0 Å². The van der Waals surface area contributed by atoms with Crippen LogP contribution in [0.3, 0.4) is 0 Å². The molecule has 0 aromatic heterocycles. The fraction of sp³-hybridized carbons (Fsp3) is 0.650. The van der Waals surface area contributed by atoms with E-state index in [9.17, 15) is 4.39 Å². The highest BCUT2D eigenvalue weighted by Gasteiger charge is 2.15. The molecule has 160 valence electrons. The van der Waals surface area contributed by atoms with Crippen LogP contribution in [-0.2, 0) is 9.47 Å². The minimum atomic E-state index is -0.206. The molecule has 1 unspecified atom stereocenters. The number of halogens is 2. The van der Waals surface area contributed by atoms with E-state index < -0.39 is 0 Å². The van der Waals surface area contributed by atoms with Crippen molar-refractivity contribution < 1.29 is 13.9 Å². The van der Waals surface area contributed by atoms with Gasteiger partial charge in [-0.3, -0.25) is 4.99 Å². The summed E-state index contributed by atoms with van der Waals surface area (Å²) in [4.78, 5) is 6.28. The number of guanidine groups is 1. The molecule has 2 rings (SSSR count). The van der Waals surface area contributed by atoms with Crippen LogP contribution >= 0.6 is 24.0 Å². The zero-order valence-electron chi connectivity index (χ0n) is 17.0. The fourth-order valence-corrected chi connectivity index (χ4v) is 2.93. The Labute approximate surface area is 185 Å². The molecule has 0 aliphatic carbocycles. The van der Waals surface area contributed by atoms with Crippen LogP contribution in [0, 0.1) is 11.7 Å². The molecule has 8 heteroatoms. The first-order valence-electron chi connectivity index (χ1n) is 9.75. The minimum absolute atomic E-state index is 0. The van der Waals surface area contributed by atoms with Crippen LogP contribution in [0.4, 0.5) is 10.1 Å². The van der Waals surface area contributed by atoms with Crippen molar-refractivity contribution in [3.05, 3.63) is 30.1 Å². The van der Waals surface area contributed by atoms with E-state index in [-0.39, 0.29) is 29.8 Å². The van der Waals surface area contributed by atoms with Crippen LogP contribution in [0.1, 0.15) is 19.3 Å². The van der Waals surface area contributed by atoms with Crippen LogP contribution in [0.2, 0.25) is 0 Å². The van der Waals surface area contributed by atoms with Gasteiger partial charge in [0.1, 0.15) is 5.82 Å². The molecule has 0 radical (unpaired) electrons. The Morgan fingerprint density at radius 1 is 1.32 bits per heavy atom. The normalized spacial score (nSPS) is 16.5. The Bertz CT molecular complexity index is 571. The van der Waals surface area contributed by atoms with Gasteiger partial charge in [0.2, 0.25) is 0 Å². The number of aliphatic imine (C=N–C) groups is 1. The largest absolute Gasteiger partial charge is 0.381 e. The molecule has 0 spiro atoms. The standard InChI is InChI=1S/C20H33FN4O2.HI/c1-22-20(24-10-5-12-26-15-17-8-13-27-16-17)23-9-4-11-25(2)19-7-3-6-18(21)14-19;/h3,6-7,14,17H,4-5,8-13,15-16H2,1-2H3,(H2,22,23,24);1H. The van der Waals surface area contributed by atoms with Gasteiger partial charge in [-0.2, -0.15) is 0 Å². The molecule has 2 N–H and O–H groups in total. The quantitative estimate of drug-likeness (QED) is 0.209. The highest BCUT2D eigenvalue weighted by molar-refractivity contribution is 14.0. The lowest BCUT2D eigenvalue weighted by molar-refractivity contribution is 0.0888. The Morgan fingerprint density at radius 3 is 2.79 bits per heavy atom. The fourth-order valence-electron chi connectivity index (χ4n) is 2.93. The first-order chi connectivity index (χ1) is 13.2. The lowest BCUT2D eigenvalue weighted by Crippen LogP contribution is -2.39. The Balaban J connectivity index is 0.00000392. The first-order valence-corrected chi connectivity index (χ1v) is 9.75. The number of nitrogens with one attached hydrogen (secondary N) is 2. The first kappa shape index (κ1) is 24.9. The van der Waals surface area contributed by atoms with E-state index in [4.69, 9.17) is 9.47 Å². The Morgan fingerprint density at radius 2 is 2.11 bits per heavy atom. The Kier molecular flexibility index (Phi) is 13.2. The number of rotatable bonds is 11. The van der Waals surface area contributed by atoms with E-state index in [1.807, 2.05) is 18.0 Å². The van der Waals surface area contributed by atoms with Crippen LogP contribution in [0.25, 0.3) is 0 Å². The van der Waals surface area contributed by atoms with Crippen molar-refractivity contribution in [2.24, 2.45) is 10.9 Å². The predicted octanol–water partition coefficient (Wildman–Crippen LogP) is 2.88. The lowest BCUT2D eigenvalue weighted by Gasteiger charge is -2.20. The summed E-state index contributed by atoms with van der Waals surface area (Å²) in [5, 5.41) is 6.60. The Hall–Kier alpha value is -1.13. The van der Waals surface area contributed by atoms with Crippen molar-refractivity contribution in [3.8, 4) is 0 Å². The number of hydrogen-bond acceptors (Lipinski definition) is 4. The van der Waals surface area contributed by atoms with Crippen LogP contribution < -0.4 is 15.5 Å². The van der Waals surface area contributed by atoms with E-state index in [1.54, 1.807) is 19.2 Å². The van der Waals surface area contributed by atoms with Gasteiger partial charge < -0.3 is 25.0 Å². The maximum atomic E-state index is 13.3. The smallest absolute Gasteiger partial charge is 0.190 e. The van der Waals surface area contributed by atoms with E-state index >= 15 is 0 Å². The van der Waals surface area contributed by atoms with Gasteiger partial charge in [-0.05, 0) is 37.5 Å². The number of hydrogen-bond donors (Lipinski definition) is 2. The molecule has 1 aliphatic heterocycles. The SMILES string of the molecule is CN=C(NCCCOCC1CCOC1)NCCCN(C)c1cccc(F)c1.I. The third kappa shape index (κ3) is 9.88. The summed E-state index contributed by atoms with van der Waals surface area (Å²) in [6.07, 6.45) is 2.99. The third-order valence-electron chi connectivity index (χ3n) is 4.57. The van der Waals surface area contributed by atoms with Crippen molar-refractivity contribution in [1.29, 1.82) is 0 Å². The van der Waals surface area contributed by atoms with Gasteiger partial charge in [0.15, 0.2) is 5.96 Å². The molecule has 28 heavy (non-hydrogen) atoms. The molecule has 0 amide bonds. The van der Waals surface area contributed by atoms with Crippen molar-refractivity contribution in [1.82, 2.24) is 10.6 Å². The van der Waals surface area contributed by atoms with Gasteiger partial charge in [-0.15, -0.1) is 24.0 Å². The average molecular weight is 508 g/mol. The molecule has 0 bridgehead atoms. The second kappa shape index (κ2) is 14.8.